The standard InChI is InChI=1S/C13H8F4N2O2/c14-10-6-8(13(15,16)17)2-3-9(10)7-1-4-11(18)12(5-7)19(20)21/h1-6H,18H2. The Morgan fingerprint density at radius 3 is 2.29 bits per heavy atom. The number of anilines is 1. The molecule has 0 fully saturated rings. The molecule has 4 nitrogen and oxygen atoms in total. The minimum Gasteiger partial charge on any atom is -0.393 e. The van der Waals surface area contributed by atoms with Gasteiger partial charge in [-0.15, -0.1) is 0 Å². The molecule has 0 atom stereocenters. The van der Waals surface area contributed by atoms with Crippen LogP contribution in [0, 0.1) is 15.9 Å². The average Bonchev–Trinajstić information content (AvgIpc) is 2.38. The van der Waals surface area contributed by atoms with Gasteiger partial charge >= 0.3 is 6.18 Å². The highest BCUT2D eigenvalue weighted by Crippen LogP contribution is 2.34. The molecule has 0 radical (unpaired) electrons. The fraction of sp³-hybridized carbons (Fsp3) is 0.0769. The number of hydrogen-bond acceptors (Lipinski definition) is 3. The first-order valence-corrected chi connectivity index (χ1v) is 5.61. The van der Waals surface area contributed by atoms with E-state index in [1.54, 1.807) is 0 Å². The van der Waals surface area contributed by atoms with Crippen LogP contribution in [0.2, 0.25) is 0 Å². The van der Waals surface area contributed by atoms with Gasteiger partial charge in [-0.3, -0.25) is 10.1 Å². The van der Waals surface area contributed by atoms with Gasteiger partial charge in [-0.05, 0) is 23.8 Å². The van der Waals surface area contributed by atoms with Gasteiger partial charge in [0.2, 0.25) is 0 Å². The first-order valence-electron chi connectivity index (χ1n) is 5.61. The molecule has 0 aliphatic rings. The van der Waals surface area contributed by atoms with Crippen LogP contribution in [-0.4, -0.2) is 4.92 Å². The van der Waals surface area contributed by atoms with Crippen molar-refractivity contribution in [1.29, 1.82) is 0 Å². The van der Waals surface area contributed by atoms with Crippen molar-refractivity contribution in [3.8, 4) is 11.1 Å². The monoisotopic (exact) mass is 300 g/mol. The lowest BCUT2D eigenvalue weighted by atomic mass is 10.0. The predicted molar refractivity (Wildman–Crippen MR) is 67.9 cm³/mol. The summed E-state index contributed by atoms with van der Waals surface area (Å²) in [5.41, 5.74) is 3.62. The molecule has 0 unspecified atom stereocenters. The summed E-state index contributed by atoms with van der Waals surface area (Å²) in [6, 6.07) is 5.49. The number of nitrogen functional groups attached to an aromatic ring is 1. The van der Waals surface area contributed by atoms with E-state index in [1.807, 2.05) is 0 Å². The lowest BCUT2D eigenvalue weighted by molar-refractivity contribution is -0.383. The molecule has 0 spiro atoms. The van der Waals surface area contributed by atoms with Crippen LogP contribution < -0.4 is 5.73 Å². The SMILES string of the molecule is Nc1ccc(-c2ccc(C(F)(F)F)cc2F)cc1[N+](=O)[O-]. The molecule has 0 aromatic heterocycles. The summed E-state index contributed by atoms with van der Waals surface area (Å²) in [7, 11) is 0. The lowest BCUT2D eigenvalue weighted by Crippen LogP contribution is -2.05. The highest BCUT2D eigenvalue weighted by atomic mass is 19.4. The molecule has 0 bridgehead atoms. The summed E-state index contributed by atoms with van der Waals surface area (Å²) in [4.78, 5) is 10.0. The van der Waals surface area contributed by atoms with Crippen molar-refractivity contribution in [2.45, 2.75) is 6.18 Å². The molecule has 0 saturated carbocycles. The highest BCUT2D eigenvalue weighted by molar-refractivity contribution is 5.72. The van der Waals surface area contributed by atoms with Crippen molar-refractivity contribution < 1.29 is 22.5 Å². The van der Waals surface area contributed by atoms with Gasteiger partial charge in [0.1, 0.15) is 11.5 Å². The molecule has 110 valence electrons. The molecule has 2 aromatic rings. The number of nitro benzene ring substituents is 1. The zero-order valence-corrected chi connectivity index (χ0v) is 10.3. The van der Waals surface area contributed by atoms with Crippen LogP contribution in [0.1, 0.15) is 5.56 Å². The third kappa shape index (κ3) is 2.93. The van der Waals surface area contributed by atoms with Crippen LogP contribution in [0.4, 0.5) is 28.9 Å². The lowest BCUT2D eigenvalue weighted by Gasteiger charge is -2.09. The fourth-order valence-electron chi connectivity index (χ4n) is 1.79. The van der Waals surface area contributed by atoms with E-state index >= 15 is 0 Å². The molecule has 0 aliphatic heterocycles. The third-order valence-electron chi connectivity index (χ3n) is 2.83. The number of nitrogens with zero attached hydrogens (tertiary/aromatic N) is 1. The molecular formula is C13H8F4N2O2. The van der Waals surface area contributed by atoms with E-state index < -0.39 is 28.2 Å². The maximum absolute atomic E-state index is 13.8. The van der Waals surface area contributed by atoms with Crippen LogP contribution in [0.3, 0.4) is 0 Å². The second kappa shape index (κ2) is 5.04. The Bertz CT molecular complexity index is 714. The fourth-order valence-corrected chi connectivity index (χ4v) is 1.79. The Labute approximate surface area is 116 Å². The summed E-state index contributed by atoms with van der Waals surface area (Å²) in [6.45, 7) is 0. The zero-order valence-electron chi connectivity index (χ0n) is 10.3. The van der Waals surface area contributed by atoms with Crippen molar-refractivity contribution in [1.82, 2.24) is 0 Å². The van der Waals surface area contributed by atoms with E-state index in [-0.39, 0.29) is 16.8 Å². The van der Waals surface area contributed by atoms with Gasteiger partial charge in [0.15, 0.2) is 0 Å². The van der Waals surface area contributed by atoms with Crippen molar-refractivity contribution in [3.63, 3.8) is 0 Å². The quantitative estimate of drug-likeness (QED) is 0.394. The Morgan fingerprint density at radius 2 is 1.76 bits per heavy atom. The van der Waals surface area contributed by atoms with Crippen LogP contribution in [0.5, 0.6) is 0 Å². The van der Waals surface area contributed by atoms with Gasteiger partial charge in [0.05, 0.1) is 10.5 Å². The molecule has 21 heavy (non-hydrogen) atoms. The summed E-state index contributed by atoms with van der Waals surface area (Å²) in [5.74, 6) is -1.12. The molecule has 2 rings (SSSR count). The van der Waals surface area contributed by atoms with E-state index in [4.69, 9.17) is 5.73 Å². The number of benzene rings is 2. The Morgan fingerprint density at radius 1 is 1.10 bits per heavy atom. The maximum atomic E-state index is 13.8. The number of halogens is 4. The van der Waals surface area contributed by atoms with Gasteiger partial charge < -0.3 is 5.73 Å². The minimum atomic E-state index is -4.66. The van der Waals surface area contributed by atoms with Crippen molar-refractivity contribution in [3.05, 3.63) is 57.9 Å². The third-order valence-corrected chi connectivity index (χ3v) is 2.83. The molecule has 0 amide bonds. The first-order chi connectivity index (χ1) is 9.70. The molecule has 8 heteroatoms. The van der Waals surface area contributed by atoms with Crippen LogP contribution >= 0.6 is 0 Å². The van der Waals surface area contributed by atoms with Crippen molar-refractivity contribution in [2.24, 2.45) is 0 Å². The average molecular weight is 300 g/mol. The topological polar surface area (TPSA) is 69.2 Å². The second-order valence-electron chi connectivity index (χ2n) is 4.22. The van der Waals surface area contributed by atoms with Gasteiger partial charge in [0, 0.05) is 11.6 Å². The van der Waals surface area contributed by atoms with Crippen LogP contribution in [0.15, 0.2) is 36.4 Å². The Hall–Kier alpha value is -2.64. The number of alkyl halides is 3. The summed E-state index contributed by atoms with van der Waals surface area (Å²) in [6.07, 6.45) is -4.66. The molecule has 0 aliphatic carbocycles. The number of nitrogens with two attached hydrogens (primary N) is 1. The Balaban J connectivity index is 2.53. The number of rotatable bonds is 2. The molecular weight excluding hydrogens is 292 g/mol. The summed E-state index contributed by atoms with van der Waals surface area (Å²) >= 11 is 0. The minimum absolute atomic E-state index is 0.0714. The maximum Gasteiger partial charge on any atom is 0.416 e. The van der Waals surface area contributed by atoms with Crippen molar-refractivity contribution >= 4 is 11.4 Å². The second-order valence-corrected chi connectivity index (χ2v) is 4.22. The van der Waals surface area contributed by atoms with Gasteiger partial charge in [0.25, 0.3) is 5.69 Å². The van der Waals surface area contributed by atoms with Crippen LogP contribution in [0.25, 0.3) is 11.1 Å². The first kappa shape index (κ1) is 14.8. The Kier molecular flexibility index (Phi) is 3.54. The van der Waals surface area contributed by atoms with Crippen molar-refractivity contribution in [2.75, 3.05) is 5.73 Å². The normalized spacial score (nSPS) is 11.4. The molecule has 2 aromatic carbocycles. The van der Waals surface area contributed by atoms with Crippen LogP contribution in [-0.2, 0) is 6.18 Å². The highest BCUT2D eigenvalue weighted by Gasteiger charge is 2.31. The van der Waals surface area contributed by atoms with E-state index in [9.17, 15) is 27.7 Å². The van der Waals surface area contributed by atoms with Gasteiger partial charge in [-0.2, -0.15) is 13.2 Å². The number of nitro groups is 1. The molecule has 0 heterocycles. The zero-order chi connectivity index (χ0) is 15.8. The summed E-state index contributed by atoms with van der Waals surface area (Å²) in [5, 5.41) is 10.8. The van der Waals surface area contributed by atoms with Gasteiger partial charge in [-0.25, -0.2) is 4.39 Å². The van der Waals surface area contributed by atoms with E-state index in [0.717, 1.165) is 12.1 Å². The van der Waals surface area contributed by atoms with E-state index in [0.29, 0.717) is 12.1 Å². The van der Waals surface area contributed by atoms with E-state index in [1.165, 1.54) is 12.1 Å². The number of hydrogen-bond donors (Lipinski definition) is 1. The molecule has 2 N–H and O–H groups in total. The summed E-state index contributed by atoms with van der Waals surface area (Å²) < 4.78 is 51.2. The predicted octanol–water partition coefficient (Wildman–Crippen LogP) is 4.00. The van der Waals surface area contributed by atoms with Gasteiger partial charge in [-0.1, -0.05) is 12.1 Å². The smallest absolute Gasteiger partial charge is 0.393 e. The molecule has 0 saturated heterocycles. The van der Waals surface area contributed by atoms with E-state index in [2.05, 4.69) is 0 Å². The largest absolute Gasteiger partial charge is 0.416 e.